The minimum absolute atomic E-state index is 0.186. The molecule has 0 bridgehead atoms. The molecule has 0 aliphatic heterocycles. The quantitative estimate of drug-likeness (QED) is 0.856. The molecule has 2 rings (SSSR count). The molecular weight excluding hydrogens is 251 g/mol. The number of halogens is 3. The van der Waals surface area contributed by atoms with E-state index in [1.54, 1.807) is 48.5 Å². The van der Waals surface area contributed by atoms with Gasteiger partial charge in [-0.1, -0.05) is 48.5 Å². The zero-order chi connectivity index (χ0) is 13.9. The third kappa shape index (κ3) is 2.72. The van der Waals surface area contributed by atoms with Crippen molar-refractivity contribution in [3.63, 3.8) is 0 Å². The summed E-state index contributed by atoms with van der Waals surface area (Å²) < 4.78 is 40.2. The van der Waals surface area contributed by atoms with Gasteiger partial charge < -0.3 is 5.32 Å². The van der Waals surface area contributed by atoms with E-state index in [1.807, 2.05) is 0 Å². The van der Waals surface area contributed by atoms with Crippen LogP contribution in [-0.2, 0) is 5.54 Å². The molecule has 100 valence electrons. The Morgan fingerprint density at radius 1 is 0.789 bits per heavy atom. The van der Waals surface area contributed by atoms with Gasteiger partial charge in [0.15, 0.2) is 5.54 Å². The van der Waals surface area contributed by atoms with Gasteiger partial charge in [-0.2, -0.15) is 13.2 Å². The maximum atomic E-state index is 13.4. The highest BCUT2D eigenvalue weighted by Gasteiger charge is 2.52. The summed E-state index contributed by atoms with van der Waals surface area (Å²) >= 11 is 0. The normalized spacial score (nSPS) is 14.7. The Labute approximate surface area is 110 Å². The molecule has 2 aromatic rings. The lowest BCUT2D eigenvalue weighted by atomic mass is 9.91. The van der Waals surface area contributed by atoms with Gasteiger partial charge in [0.25, 0.3) is 0 Å². The van der Waals surface area contributed by atoms with Crippen LogP contribution < -0.4 is 5.32 Å². The number of para-hydroxylation sites is 1. The summed E-state index contributed by atoms with van der Waals surface area (Å²) in [6.07, 6.45) is -4.40. The molecule has 1 nitrogen and oxygen atoms in total. The van der Waals surface area contributed by atoms with E-state index in [9.17, 15) is 13.2 Å². The number of anilines is 1. The van der Waals surface area contributed by atoms with Gasteiger partial charge in [-0.05, 0) is 24.6 Å². The molecule has 1 atom stereocenters. The molecule has 0 saturated carbocycles. The van der Waals surface area contributed by atoms with Crippen LogP contribution in [0, 0.1) is 0 Å². The molecule has 0 aliphatic carbocycles. The van der Waals surface area contributed by atoms with Gasteiger partial charge in [-0.25, -0.2) is 0 Å². The summed E-state index contributed by atoms with van der Waals surface area (Å²) in [5.41, 5.74) is -1.49. The smallest absolute Gasteiger partial charge is 0.368 e. The first-order chi connectivity index (χ1) is 8.93. The van der Waals surface area contributed by atoms with Crippen LogP contribution in [0.5, 0.6) is 0 Å². The lowest BCUT2D eigenvalue weighted by molar-refractivity contribution is -0.177. The fourth-order valence-electron chi connectivity index (χ4n) is 1.89. The average molecular weight is 265 g/mol. The summed E-state index contributed by atoms with van der Waals surface area (Å²) in [5.74, 6) is 0. The number of hydrogen-bond donors (Lipinski definition) is 1. The van der Waals surface area contributed by atoms with E-state index in [0.29, 0.717) is 5.69 Å². The fraction of sp³-hybridized carbons (Fsp3) is 0.200. The number of nitrogens with one attached hydrogen (secondary N) is 1. The molecule has 0 aliphatic rings. The highest BCUT2D eigenvalue weighted by molar-refractivity contribution is 5.48. The van der Waals surface area contributed by atoms with E-state index < -0.39 is 11.7 Å². The Morgan fingerprint density at radius 2 is 1.26 bits per heavy atom. The Balaban J connectivity index is 2.42. The molecule has 19 heavy (non-hydrogen) atoms. The van der Waals surface area contributed by atoms with Crippen molar-refractivity contribution in [2.75, 3.05) is 5.32 Å². The Kier molecular flexibility index (Phi) is 3.51. The summed E-state index contributed by atoms with van der Waals surface area (Å²) in [6.45, 7) is 1.15. The van der Waals surface area contributed by atoms with Gasteiger partial charge in [0.2, 0.25) is 0 Å². The van der Waals surface area contributed by atoms with Crippen molar-refractivity contribution >= 4 is 5.69 Å². The average Bonchev–Trinajstić information content (AvgIpc) is 2.39. The third-order valence-electron chi connectivity index (χ3n) is 3.09. The van der Waals surface area contributed by atoms with Gasteiger partial charge in [-0.3, -0.25) is 0 Å². The summed E-state index contributed by atoms with van der Waals surface area (Å²) in [4.78, 5) is 0. The molecule has 1 N–H and O–H groups in total. The molecule has 0 radical (unpaired) electrons. The zero-order valence-electron chi connectivity index (χ0n) is 10.4. The highest BCUT2D eigenvalue weighted by Crippen LogP contribution is 2.41. The van der Waals surface area contributed by atoms with Crippen molar-refractivity contribution in [1.82, 2.24) is 0 Å². The van der Waals surface area contributed by atoms with Crippen LogP contribution in [0.4, 0.5) is 18.9 Å². The molecule has 0 saturated heterocycles. The Morgan fingerprint density at radius 3 is 1.74 bits per heavy atom. The van der Waals surface area contributed by atoms with Crippen LogP contribution in [-0.4, -0.2) is 6.18 Å². The first-order valence-corrected chi connectivity index (χ1v) is 5.89. The van der Waals surface area contributed by atoms with E-state index in [0.717, 1.165) is 6.92 Å². The van der Waals surface area contributed by atoms with Crippen LogP contribution in [0.2, 0.25) is 0 Å². The molecule has 0 spiro atoms. The van der Waals surface area contributed by atoms with E-state index in [-0.39, 0.29) is 5.56 Å². The zero-order valence-corrected chi connectivity index (χ0v) is 10.4. The minimum Gasteiger partial charge on any atom is -0.368 e. The van der Waals surface area contributed by atoms with E-state index in [4.69, 9.17) is 0 Å². The van der Waals surface area contributed by atoms with Crippen LogP contribution in [0.25, 0.3) is 0 Å². The number of hydrogen-bond acceptors (Lipinski definition) is 1. The second-order valence-corrected chi connectivity index (χ2v) is 4.48. The maximum absolute atomic E-state index is 13.4. The van der Waals surface area contributed by atoms with Gasteiger partial charge in [-0.15, -0.1) is 0 Å². The predicted octanol–water partition coefficient (Wildman–Crippen LogP) is 4.58. The van der Waals surface area contributed by atoms with Gasteiger partial charge >= 0.3 is 6.18 Å². The van der Waals surface area contributed by atoms with Gasteiger partial charge in [0.1, 0.15) is 0 Å². The van der Waals surface area contributed by atoms with Crippen molar-refractivity contribution in [3.8, 4) is 0 Å². The van der Waals surface area contributed by atoms with Crippen LogP contribution >= 0.6 is 0 Å². The molecule has 0 heterocycles. The van der Waals surface area contributed by atoms with Crippen LogP contribution in [0.15, 0.2) is 60.7 Å². The third-order valence-corrected chi connectivity index (χ3v) is 3.09. The molecule has 4 heteroatoms. The number of rotatable bonds is 3. The van der Waals surface area contributed by atoms with E-state index >= 15 is 0 Å². The summed E-state index contributed by atoms with van der Waals surface area (Å²) in [5, 5.41) is 2.59. The van der Waals surface area contributed by atoms with Crippen LogP contribution in [0.1, 0.15) is 12.5 Å². The second-order valence-electron chi connectivity index (χ2n) is 4.48. The molecule has 1 unspecified atom stereocenters. The van der Waals surface area contributed by atoms with Crippen molar-refractivity contribution in [2.24, 2.45) is 0 Å². The van der Waals surface area contributed by atoms with Crippen molar-refractivity contribution in [3.05, 3.63) is 66.2 Å². The topological polar surface area (TPSA) is 12.0 Å². The van der Waals surface area contributed by atoms with E-state index in [1.165, 1.54) is 12.1 Å². The molecule has 0 amide bonds. The largest absolute Gasteiger partial charge is 0.415 e. The molecule has 0 fully saturated rings. The minimum atomic E-state index is -4.40. The first kappa shape index (κ1) is 13.5. The number of benzene rings is 2. The first-order valence-electron chi connectivity index (χ1n) is 5.89. The van der Waals surface area contributed by atoms with E-state index in [2.05, 4.69) is 5.32 Å². The van der Waals surface area contributed by atoms with Gasteiger partial charge in [0.05, 0.1) is 0 Å². The Hall–Kier alpha value is -1.97. The van der Waals surface area contributed by atoms with Gasteiger partial charge in [0, 0.05) is 5.69 Å². The second kappa shape index (κ2) is 4.96. The SMILES string of the molecule is CC(Nc1ccccc1)(c1ccccc1)C(F)(F)F. The van der Waals surface area contributed by atoms with Crippen molar-refractivity contribution < 1.29 is 13.2 Å². The lowest BCUT2D eigenvalue weighted by Crippen LogP contribution is -2.46. The lowest BCUT2D eigenvalue weighted by Gasteiger charge is -2.34. The maximum Gasteiger partial charge on any atom is 0.415 e. The molecule has 2 aromatic carbocycles. The number of alkyl halides is 3. The summed E-state index contributed by atoms with van der Waals surface area (Å²) in [7, 11) is 0. The monoisotopic (exact) mass is 265 g/mol. The van der Waals surface area contributed by atoms with Crippen molar-refractivity contribution in [2.45, 2.75) is 18.6 Å². The predicted molar refractivity (Wildman–Crippen MR) is 69.9 cm³/mol. The molecular formula is C15H14F3N. The van der Waals surface area contributed by atoms with Crippen molar-refractivity contribution in [1.29, 1.82) is 0 Å². The Bertz CT molecular complexity index is 522. The van der Waals surface area contributed by atoms with Crippen LogP contribution in [0.3, 0.4) is 0 Å². The fourth-order valence-corrected chi connectivity index (χ4v) is 1.89. The summed E-state index contributed by atoms with van der Waals surface area (Å²) in [6, 6.07) is 16.3. The standard InChI is InChI=1S/C15H14F3N/c1-14(15(16,17)18,12-8-4-2-5-9-12)19-13-10-6-3-7-11-13/h2-11,19H,1H3. The molecule has 0 aromatic heterocycles. The highest BCUT2D eigenvalue weighted by atomic mass is 19.4.